The van der Waals surface area contributed by atoms with Crippen molar-refractivity contribution in [2.45, 2.75) is 63.8 Å². The van der Waals surface area contributed by atoms with Crippen LogP contribution in [0.3, 0.4) is 0 Å². The fourth-order valence-electron chi connectivity index (χ4n) is 3.00. The molecular formula is C14H25F3N2O2. The van der Waals surface area contributed by atoms with Gasteiger partial charge in [-0.15, -0.1) is 0 Å². The van der Waals surface area contributed by atoms with Crippen molar-refractivity contribution in [1.82, 2.24) is 10.2 Å². The van der Waals surface area contributed by atoms with Gasteiger partial charge in [0.1, 0.15) is 5.54 Å². The summed E-state index contributed by atoms with van der Waals surface area (Å²) in [7, 11) is 1.45. The second-order valence-corrected chi connectivity index (χ2v) is 6.03. The fourth-order valence-corrected chi connectivity index (χ4v) is 3.00. The van der Waals surface area contributed by atoms with Gasteiger partial charge in [0.15, 0.2) is 0 Å². The van der Waals surface area contributed by atoms with Gasteiger partial charge in [0.05, 0.1) is 13.2 Å². The van der Waals surface area contributed by atoms with E-state index in [2.05, 4.69) is 5.32 Å². The third-order valence-electron chi connectivity index (χ3n) is 3.77. The van der Waals surface area contributed by atoms with Crippen molar-refractivity contribution in [2.75, 3.05) is 20.2 Å². The largest absolute Gasteiger partial charge is 0.465 e. The number of hydrogen-bond acceptors (Lipinski definition) is 4. The second kappa shape index (κ2) is 6.96. The molecule has 0 radical (unpaired) electrons. The van der Waals surface area contributed by atoms with E-state index in [9.17, 15) is 18.0 Å². The average molecular weight is 310 g/mol. The zero-order valence-corrected chi connectivity index (χ0v) is 13.1. The predicted molar refractivity (Wildman–Crippen MR) is 74.0 cm³/mol. The molecule has 0 aromatic heterocycles. The molecule has 0 amide bonds. The monoisotopic (exact) mass is 310 g/mol. The van der Waals surface area contributed by atoms with Crippen molar-refractivity contribution in [3.63, 3.8) is 0 Å². The topological polar surface area (TPSA) is 41.6 Å². The lowest BCUT2D eigenvalue weighted by atomic mass is 9.96. The number of nitrogens with zero attached hydrogens (tertiary/aromatic N) is 1. The normalized spacial score (nSPS) is 26.6. The van der Waals surface area contributed by atoms with E-state index in [1.54, 1.807) is 6.92 Å². The Kier molecular flexibility index (Phi) is 6.04. The minimum absolute atomic E-state index is 0.0566. The van der Waals surface area contributed by atoms with E-state index in [0.29, 0.717) is 19.3 Å². The van der Waals surface area contributed by atoms with E-state index in [1.807, 2.05) is 13.8 Å². The summed E-state index contributed by atoms with van der Waals surface area (Å²) in [4.78, 5) is 13.5. The van der Waals surface area contributed by atoms with Crippen molar-refractivity contribution in [3.8, 4) is 0 Å². The maximum atomic E-state index is 12.5. The SMILES string of the molecule is CCOC(=O)C1(NC(C)C)CCC(N(C)CC(F)(F)F)C1. The first-order chi connectivity index (χ1) is 9.59. The van der Waals surface area contributed by atoms with Gasteiger partial charge in [-0.2, -0.15) is 13.2 Å². The van der Waals surface area contributed by atoms with Crippen LogP contribution in [0, 0.1) is 0 Å². The molecule has 0 aromatic carbocycles. The number of carbonyl (C=O) groups excluding carboxylic acids is 1. The van der Waals surface area contributed by atoms with Crippen LogP contribution < -0.4 is 5.32 Å². The summed E-state index contributed by atoms with van der Waals surface area (Å²) in [6.45, 7) is 4.85. The quantitative estimate of drug-likeness (QED) is 0.765. The molecule has 2 atom stereocenters. The second-order valence-electron chi connectivity index (χ2n) is 6.03. The summed E-state index contributed by atoms with van der Waals surface area (Å²) in [6.07, 6.45) is -2.84. The molecule has 0 saturated heterocycles. The van der Waals surface area contributed by atoms with Crippen LogP contribution in [-0.4, -0.2) is 54.9 Å². The molecule has 1 saturated carbocycles. The van der Waals surface area contributed by atoms with E-state index in [4.69, 9.17) is 4.74 Å². The molecule has 0 bridgehead atoms. The van der Waals surface area contributed by atoms with Crippen molar-refractivity contribution in [2.24, 2.45) is 0 Å². The molecule has 1 fully saturated rings. The molecule has 0 aliphatic heterocycles. The Morgan fingerprint density at radius 3 is 2.57 bits per heavy atom. The molecule has 4 nitrogen and oxygen atoms in total. The summed E-state index contributed by atoms with van der Waals surface area (Å²) in [6, 6.07) is -0.219. The third-order valence-corrected chi connectivity index (χ3v) is 3.77. The Morgan fingerprint density at radius 1 is 1.48 bits per heavy atom. The van der Waals surface area contributed by atoms with Crippen molar-refractivity contribution in [1.29, 1.82) is 0 Å². The number of halogens is 3. The van der Waals surface area contributed by atoms with Gasteiger partial charge < -0.3 is 4.74 Å². The highest BCUT2D eigenvalue weighted by Crippen LogP contribution is 2.35. The lowest BCUT2D eigenvalue weighted by molar-refractivity contribution is -0.152. The molecule has 21 heavy (non-hydrogen) atoms. The minimum Gasteiger partial charge on any atom is -0.465 e. The summed E-state index contributed by atoms with van der Waals surface area (Å²) in [5, 5.41) is 3.21. The average Bonchev–Trinajstić information content (AvgIpc) is 2.72. The Hall–Kier alpha value is -0.820. The number of esters is 1. The van der Waals surface area contributed by atoms with E-state index in [-0.39, 0.29) is 24.7 Å². The Balaban J connectivity index is 2.78. The fraction of sp³-hybridized carbons (Fsp3) is 0.929. The molecular weight excluding hydrogens is 285 g/mol. The van der Waals surface area contributed by atoms with Crippen LogP contribution in [0.4, 0.5) is 13.2 Å². The number of hydrogen-bond donors (Lipinski definition) is 1. The number of ether oxygens (including phenoxy) is 1. The number of rotatable bonds is 6. The smallest absolute Gasteiger partial charge is 0.401 e. The summed E-state index contributed by atoms with van der Waals surface area (Å²) < 4.78 is 42.6. The van der Waals surface area contributed by atoms with Crippen LogP contribution in [-0.2, 0) is 9.53 Å². The lowest BCUT2D eigenvalue weighted by Gasteiger charge is -2.32. The molecule has 0 heterocycles. The maximum absolute atomic E-state index is 12.5. The van der Waals surface area contributed by atoms with Crippen LogP contribution in [0.15, 0.2) is 0 Å². The van der Waals surface area contributed by atoms with Crippen molar-refractivity contribution >= 4 is 5.97 Å². The first-order valence-electron chi connectivity index (χ1n) is 7.31. The zero-order valence-electron chi connectivity index (χ0n) is 13.1. The van der Waals surface area contributed by atoms with Gasteiger partial charge in [0.25, 0.3) is 0 Å². The minimum atomic E-state index is -4.23. The Labute approximate surface area is 124 Å². The molecule has 1 aliphatic carbocycles. The van der Waals surface area contributed by atoms with Gasteiger partial charge in [-0.3, -0.25) is 15.0 Å². The van der Waals surface area contributed by atoms with E-state index in [1.165, 1.54) is 11.9 Å². The molecule has 0 aromatic rings. The molecule has 1 aliphatic rings. The lowest BCUT2D eigenvalue weighted by Crippen LogP contribution is -2.54. The summed E-state index contributed by atoms with van der Waals surface area (Å²) >= 11 is 0. The maximum Gasteiger partial charge on any atom is 0.401 e. The van der Waals surface area contributed by atoms with Crippen LogP contribution in [0.25, 0.3) is 0 Å². The van der Waals surface area contributed by atoms with Gasteiger partial charge in [0, 0.05) is 12.1 Å². The van der Waals surface area contributed by atoms with Crippen molar-refractivity contribution < 1.29 is 22.7 Å². The highest BCUT2D eigenvalue weighted by Gasteiger charge is 2.48. The van der Waals surface area contributed by atoms with Crippen LogP contribution in [0.2, 0.25) is 0 Å². The third kappa shape index (κ3) is 5.14. The van der Waals surface area contributed by atoms with Gasteiger partial charge in [-0.05, 0) is 47.1 Å². The Morgan fingerprint density at radius 2 is 2.10 bits per heavy atom. The van der Waals surface area contributed by atoms with Gasteiger partial charge in [0.2, 0.25) is 0 Å². The first-order valence-corrected chi connectivity index (χ1v) is 7.31. The summed E-state index contributed by atoms with van der Waals surface area (Å²) in [5.74, 6) is -0.360. The van der Waals surface area contributed by atoms with Crippen LogP contribution in [0.5, 0.6) is 0 Å². The Bertz CT molecular complexity index is 361. The van der Waals surface area contributed by atoms with E-state index < -0.39 is 18.3 Å². The molecule has 1 N–H and O–H groups in total. The number of alkyl halides is 3. The van der Waals surface area contributed by atoms with E-state index >= 15 is 0 Å². The van der Waals surface area contributed by atoms with Gasteiger partial charge in [-0.1, -0.05) is 0 Å². The van der Waals surface area contributed by atoms with Crippen LogP contribution >= 0.6 is 0 Å². The van der Waals surface area contributed by atoms with Crippen molar-refractivity contribution in [3.05, 3.63) is 0 Å². The highest BCUT2D eigenvalue weighted by atomic mass is 19.4. The number of nitrogens with one attached hydrogen (secondary N) is 1. The molecule has 0 spiro atoms. The molecule has 1 rings (SSSR count). The molecule has 2 unspecified atom stereocenters. The first kappa shape index (κ1) is 18.2. The number of carbonyl (C=O) groups is 1. The predicted octanol–water partition coefficient (Wildman–Crippen LogP) is 2.33. The van der Waals surface area contributed by atoms with Gasteiger partial charge >= 0.3 is 12.1 Å². The zero-order chi connectivity index (χ0) is 16.3. The standard InChI is InChI=1S/C14H25F3N2O2/c1-5-21-12(20)13(18-10(2)3)7-6-11(8-13)19(4)9-14(15,16)17/h10-11,18H,5-9H2,1-4H3. The van der Waals surface area contributed by atoms with E-state index in [0.717, 1.165) is 0 Å². The van der Waals surface area contributed by atoms with Gasteiger partial charge in [-0.25, -0.2) is 0 Å². The molecule has 7 heteroatoms. The van der Waals surface area contributed by atoms with Crippen LogP contribution in [0.1, 0.15) is 40.0 Å². The molecule has 124 valence electrons. The summed E-state index contributed by atoms with van der Waals surface area (Å²) in [5.41, 5.74) is -0.866. The highest BCUT2D eigenvalue weighted by molar-refractivity contribution is 5.81.